The summed E-state index contributed by atoms with van der Waals surface area (Å²) < 4.78 is 1.57. The third-order valence-electron chi connectivity index (χ3n) is 2.49. The quantitative estimate of drug-likeness (QED) is 0.699. The first-order valence-corrected chi connectivity index (χ1v) is 4.95. The molecule has 0 aliphatic carbocycles. The molecule has 0 aliphatic rings. The Balaban J connectivity index is 2.88. The van der Waals surface area contributed by atoms with Gasteiger partial charge in [-0.3, -0.25) is 9.36 Å². The summed E-state index contributed by atoms with van der Waals surface area (Å²) in [5, 5.41) is 0.909. The van der Waals surface area contributed by atoms with Crippen molar-refractivity contribution >= 4 is 11.0 Å². The Morgan fingerprint density at radius 2 is 2.20 bits per heavy atom. The molecule has 2 heterocycles. The van der Waals surface area contributed by atoms with Gasteiger partial charge in [-0.1, -0.05) is 6.92 Å². The van der Waals surface area contributed by atoms with Gasteiger partial charge in [0.25, 0.3) is 5.56 Å². The highest BCUT2D eigenvalue weighted by Gasteiger charge is 2.05. The maximum absolute atomic E-state index is 11.7. The molecule has 0 saturated carbocycles. The zero-order valence-corrected chi connectivity index (χ0v) is 9.11. The summed E-state index contributed by atoms with van der Waals surface area (Å²) in [6.45, 7) is 3.79. The minimum atomic E-state index is 0.00301. The molecule has 0 amide bonds. The molecule has 0 saturated heterocycles. The topological polar surface area (TPSA) is 47.8 Å². The Bertz CT molecular complexity index is 572. The minimum absolute atomic E-state index is 0.00301. The fourth-order valence-corrected chi connectivity index (χ4v) is 1.61. The van der Waals surface area contributed by atoms with E-state index in [0.717, 1.165) is 23.2 Å². The summed E-state index contributed by atoms with van der Waals surface area (Å²) in [6, 6.07) is 1.83. The Morgan fingerprint density at radius 3 is 2.87 bits per heavy atom. The fourth-order valence-electron chi connectivity index (χ4n) is 1.61. The van der Waals surface area contributed by atoms with Gasteiger partial charge in [0.05, 0.1) is 0 Å². The summed E-state index contributed by atoms with van der Waals surface area (Å²) in [4.78, 5) is 20.2. The third kappa shape index (κ3) is 1.52. The highest BCUT2D eigenvalue weighted by atomic mass is 16.1. The van der Waals surface area contributed by atoms with E-state index in [1.165, 1.54) is 0 Å². The molecule has 0 fully saturated rings. The van der Waals surface area contributed by atoms with Gasteiger partial charge < -0.3 is 0 Å². The zero-order chi connectivity index (χ0) is 11.0. The number of aromatic nitrogens is 3. The fraction of sp³-hybridized carbons (Fsp3) is 0.364. The van der Waals surface area contributed by atoms with Gasteiger partial charge in [0.1, 0.15) is 11.5 Å². The maximum Gasteiger partial charge on any atom is 0.254 e. The number of nitrogens with zero attached hydrogens (tertiary/aromatic N) is 3. The molecule has 0 spiro atoms. The van der Waals surface area contributed by atoms with Crippen LogP contribution in [0.2, 0.25) is 0 Å². The van der Waals surface area contributed by atoms with E-state index >= 15 is 0 Å². The van der Waals surface area contributed by atoms with Gasteiger partial charge in [0.15, 0.2) is 0 Å². The largest absolute Gasteiger partial charge is 0.296 e. The van der Waals surface area contributed by atoms with Crippen molar-refractivity contribution in [3.05, 3.63) is 34.0 Å². The van der Waals surface area contributed by atoms with E-state index in [0.29, 0.717) is 5.65 Å². The molecule has 78 valence electrons. The molecule has 2 aromatic heterocycles. The van der Waals surface area contributed by atoms with Gasteiger partial charge in [-0.15, -0.1) is 0 Å². The normalized spacial score (nSPS) is 10.9. The second-order valence-corrected chi connectivity index (χ2v) is 3.61. The first kappa shape index (κ1) is 9.83. The molecular formula is C11H13N3O. The summed E-state index contributed by atoms with van der Waals surface area (Å²) in [5.41, 5.74) is 1.43. The SMILES string of the molecule is CCc1ncc2cc(C)c(=O)n(C)c2n1. The molecule has 0 radical (unpaired) electrons. The molecule has 2 rings (SSSR count). The van der Waals surface area contributed by atoms with E-state index in [1.54, 1.807) is 24.7 Å². The van der Waals surface area contributed by atoms with Crippen LogP contribution in [-0.4, -0.2) is 14.5 Å². The van der Waals surface area contributed by atoms with Crippen LogP contribution in [0.3, 0.4) is 0 Å². The predicted molar refractivity (Wildman–Crippen MR) is 58.9 cm³/mol. The van der Waals surface area contributed by atoms with Crippen molar-refractivity contribution in [2.45, 2.75) is 20.3 Å². The van der Waals surface area contributed by atoms with E-state index < -0.39 is 0 Å². The summed E-state index contributed by atoms with van der Waals surface area (Å²) in [5.74, 6) is 0.765. The van der Waals surface area contributed by atoms with Crippen LogP contribution in [0.1, 0.15) is 18.3 Å². The van der Waals surface area contributed by atoms with Gasteiger partial charge >= 0.3 is 0 Å². The second-order valence-electron chi connectivity index (χ2n) is 3.61. The Labute approximate surface area is 87.6 Å². The molecule has 0 aliphatic heterocycles. The number of fused-ring (bicyclic) bond motifs is 1. The van der Waals surface area contributed by atoms with Crippen LogP contribution in [0.5, 0.6) is 0 Å². The second kappa shape index (κ2) is 3.46. The van der Waals surface area contributed by atoms with Gasteiger partial charge in [-0.2, -0.15) is 0 Å². The van der Waals surface area contributed by atoms with Crippen molar-refractivity contribution in [3.8, 4) is 0 Å². The molecule has 0 atom stereocenters. The van der Waals surface area contributed by atoms with Crippen LogP contribution in [0.15, 0.2) is 17.1 Å². The number of hydrogen-bond donors (Lipinski definition) is 0. The molecular weight excluding hydrogens is 190 g/mol. The van der Waals surface area contributed by atoms with Crippen molar-refractivity contribution < 1.29 is 0 Å². The monoisotopic (exact) mass is 203 g/mol. The average Bonchev–Trinajstić information content (AvgIpc) is 2.26. The lowest BCUT2D eigenvalue weighted by atomic mass is 10.2. The van der Waals surface area contributed by atoms with Crippen LogP contribution >= 0.6 is 0 Å². The lowest BCUT2D eigenvalue weighted by molar-refractivity contribution is 0.852. The molecule has 0 bridgehead atoms. The Hall–Kier alpha value is -1.71. The molecule has 15 heavy (non-hydrogen) atoms. The number of aryl methyl sites for hydroxylation is 3. The van der Waals surface area contributed by atoms with E-state index in [2.05, 4.69) is 9.97 Å². The van der Waals surface area contributed by atoms with Gasteiger partial charge in [-0.05, 0) is 13.0 Å². The van der Waals surface area contributed by atoms with Gasteiger partial charge in [-0.25, -0.2) is 9.97 Å². The lowest BCUT2D eigenvalue weighted by Gasteiger charge is -2.06. The lowest BCUT2D eigenvalue weighted by Crippen LogP contribution is -2.20. The van der Waals surface area contributed by atoms with E-state index in [4.69, 9.17) is 0 Å². The van der Waals surface area contributed by atoms with Crippen LogP contribution < -0.4 is 5.56 Å². The van der Waals surface area contributed by atoms with Crippen molar-refractivity contribution in [2.24, 2.45) is 7.05 Å². The smallest absolute Gasteiger partial charge is 0.254 e. The number of rotatable bonds is 1. The minimum Gasteiger partial charge on any atom is -0.296 e. The van der Waals surface area contributed by atoms with Crippen LogP contribution in [0.4, 0.5) is 0 Å². The summed E-state index contributed by atoms with van der Waals surface area (Å²) >= 11 is 0. The molecule has 4 heteroatoms. The molecule has 2 aromatic rings. The summed E-state index contributed by atoms with van der Waals surface area (Å²) in [7, 11) is 1.74. The first-order valence-electron chi connectivity index (χ1n) is 4.95. The molecule has 4 nitrogen and oxygen atoms in total. The van der Waals surface area contributed by atoms with Crippen LogP contribution in [0.25, 0.3) is 11.0 Å². The van der Waals surface area contributed by atoms with Crippen molar-refractivity contribution in [3.63, 3.8) is 0 Å². The maximum atomic E-state index is 11.7. The Kier molecular flexibility index (Phi) is 2.26. The highest BCUT2D eigenvalue weighted by Crippen LogP contribution is 2.09. The third-order valence-corrected chi connectivity index (χ3v) is 2.49. The average molecular weight is 203 g/mol. The molecule has 0 aromatic carbocycles. The van der Waals surface area contributed by atoms with E-state index in [9.17, 15) is 4.79 Å². The van der Waals surface area contributed by atoms with Gasteiger partial charge in [0, 0.05) is 30.6 Å². The van der Waals surface area contributed by atoms with Crippen molar-refractivity contribution in [2.75, 3.05) is 0 Å². The highest BCUT2D eigenvalue weighted by molar-refractivity contribution is 5.74. The van der Waals surface area contributed by atoms with E-state index in [-0.39, 0.29) is 5.56 Å². The Morgan fingerprint density at radius 1 is 1.47 bits per heavy atom. The zero-order valence-electron chi connectivity index (χ0n) is 9.11. The first-order chi connectivity index (χ1) is 7.13. The number of pyridine rings is 1. The number of hydrogen-bond acceptors (Lipinski definition) is 3. The standard InChI is InChI=1S/C11H13N3O/c1-4-9-12-6-8-5-7(2)11(15)14(3)10(8)13-9/h5-6H,4H2,1-3H3. The summed E-state index contributed by atoms with van der Waals surface area (Å²) in [6.07, 6.45) is 2.55. The van der Waals surface area contributed by atoms with Gasteiger partial charge in [0.2, 0.25) is 0 Å². The van der Waals surface area contributed by atoms with Crippen LogP contribution in [-0.2, 0) is 13.5 Å². The molecule has 0 N–H and O–H groups in total. The van der Waals surface area contributed by atoms with Crippen molar-refractivity contribution in [1.29, 1.82) is 0 Å². The predicted octanol–water partition coefficient (Wildman–Crippen LogP) is 1.20. The molecule has 0 unspecified atom stereocenters. The van der Waals surface area contributed by atoms with Crippen molar-refractivity contribution in [1.82, 2.24) is 14.5 Å². The van der Waals surface area contributed by atoms with E-state index in [1.807, 2.05) is 13.0 Å². The van der Waals surface area contributed by atoms with Crippen LogP contribution in [0, 0.1) is 6.92 Å².